The molecule has 0 aromatic carbocycles. The van der Waals surface area contributed by atoms with Crippen LogP contribution in [0.4, 0.5) is 0 Å². The van der Waals surface area contributed by atoms with Crippen LogP contribution < -0.4 is 10.7 Å². The molecule has 1 amide bonds. The van der Waals surface area contributed by atoms with Crippen molar-refractivity contribution in [2.45, 2.75) is 31.8 Å². The smallest absolute Gasteiger partial charge is 0.239 e. The summed E-state index contributed by atoms with van der Waals surface area (Å²) in [6.07, 6.45) is 2.10. The molecular weight excluding hydrogens is 142 g/mol. The largest absolute Gasteiger partial charge is 0.341 e. The summed E-state index contributed by atoms with van der Waals surface area (Å²) >= 11 is 0. The molecule has 4 nitrogen and oxygen atoms in total. The summed E-state index contributed by atoms with van der Waals surface area (Å²) in [4.78, 5) is 11.2. The van der Waals surface area contributed by atoms with Gasteiger partial charge in [0, 0.05) is 6.04 Å². The summed E-state index contributed by atoms with van der Waals surface area (Å²) in [6, 6.07) is 0.588. The van der Waals surface area contributed by atoms with Crippen LogP contribution in [0.1, 0.15) is 19.8 Å². The lowest BCUT2D eigenvalue weighted by atomic mass is 10.2. The van der Waals surface area contributed by atoms with Gasteiger partial charge >= 0.3 is 0 Å². The number of rotatable bonds is 0. The average molecular weight is 155 g/mol. The van der Waals surface area contributed by atoms with E-state index in [1.165, 1.54) is 0 Å². The Bertz CT molecular complexity index is 183. The first-order valence-electron chi connectivity index (χ1n) is 4.08. The molecule has 2 heterocycles. The van der Waals surface area contributed by atoms with E-state index in [2.05, 4.69) is 22.7 Å². The molecule has 2 aliphatic heterocycles. The Labute approximate surface area is 65.9 Å². The average Bonchev–Trinajstić information content (AvgIpc) is 2.35. The third-order valence-electron chi connectivity index (χ3n) is 2.50. The topological polar surface area (TPSA) is 44.4 Å². The van der Waals surface area contributed by atoms with Crippen LogP contribution in [0.5, 0.6) is 0 Å². The molecule has 0 aromatic heterocycles. The fraction of sp³-hybridized carbons (Fsp3) is 0.857. The first-order valence-corrected chi connectivity index (χ1v) is 4.08. The van der Waals surface area contributed by atoms with Crippen molar-refractivity contribution < 1.29 is 4.79 Å². The van der Waals surface area contributed by atoms with Gasteiger partial charge in [-0.25, -0.2) is 10.4 Å². The monoisotopic (exact) mass is 155 g/mol. The number of hydrazine groups is 1. The first-order chi connectivity index (χ1) is 5.29. The lowest BCUT2D eigenvalue weighted by Gasteiger charge is -2.32. The van der Waals surface area contributed by atoms with Gasteiger partial charge in [0.25, 0.3) is 0 Å². The van der Waals surface area contributed by atoms with Crippen molar-refractivity contribution in [1.82, 2.24) is 15.8 Å². The summed E-state index contributed by atoms with van der Waals surface area (Å²) in [5.74, 6) is 0.174. The molecule has 2 unspecified atom stereocenters. The van der Waals surface area contributed by atoms with Crippen LogP contribution in [-0.2, 0) is 4.79 Å². The number of fused-ring (bicyclic) bond motifs is 1. The van der Waals surface area contributed by atoms with Crippen LogP contribution >= 0.6 is 0 Å². The molecule has 2 N–H and O–H groups in total. The molecule has 2 rings (SSSR count). The van der Waals surface area contributed by atoms with Crippen molar-refractivity contribution in [1.29, 1.82) is 0 Å². The van der Waals surface area contributed by atoms with E-state index in [9.17, 15) is 4.79 Å². The maximum absolute atomic E-state index is 11.2. The third kappa shape index (κ3) is 1.02. The van der Waals surface area contributed by atoms with Crippen LogP contribution in [0.15, 0.2) is 0 Å². The van der Waals surface area contributed by atoms with Crippen LogP contribution in [0.3, 0.4) is 0 Å². The van der Waals surface area contributed by atoms with Crippen molar-refractivity contribution >= 4 is 5.91 Å². The SMILES string of the molecule is CC1CCC2C(=O)NCNN12. The molecule has 2 aliphatic rings. The summed E-state index contributed by atoms with van der Waals surface area (Å²) in [5, 5.41) is 4.85. The lowest BCUT2D eigenvalue weighted by molar-refractivity contribution is -0.131. The number of amides is 1. The Morgan fingerprint density at radius 1 is 1.55 bits per heavy atom. The molecule has 0 aromatic rings. The Morgan fingerprint density at radius 2 is 2.36 bits per heavy atom. The van der Waals surface area contributed by atoms with Gasteiger partial charge in [-0.3, -0.25) is 4.79 Å². The predicted octanol–water partition coefficient (Wildman–Crippen LogP) is -0.569. The van der Waals surface area contributed by atoms with E-state index >= 15 is 0 Å². The Kier molecular flexibility index (Phi) is 1.58. The van der Waals surface area contributed by atoms with Crippen molar-refractivity contribution in [3.8, 4) is 0 Å². The van der Waals surface area contributed by atoms with Gasteiger partial charge in [-0.1, -0.05) is 0 Å². The molecule has 0 aliphatic carbocycles. The highest BCUT2D eigenvalue weighted by Crippen LogP contribution is 2.22. The number of carbonyl (C=O) groups is 1. The van der Waals surface area contributed by atoms with Gasteiger partial charge in [-0.05, 0) is 19.8 Å². The van der Waals surface area contributed by atoms with Crippen LogP contribution in [0.25, 0.3) is 0 Å². The molecular formula is C7H13N3O. The molecule has 0 saturated carbocycles. The van der Waals surface area contributed by atoms with E-state index in [-0.39, 0.29) is 11.9 Å². The van der Waals surface area contributed by atoms with E-state index in [4.69, 9.17) is 0 Å². The maximum Gasteiger partial charge on any atom is 0.239 e. The molecule has 0 spiro atoms. The highest BCUT2D eigenvalue weighted by Gasteiger charge is 2.37. The van der Waals surface area contributed by atoms with Gasteiger partial charge in [0.05, 0.1) is 6.67 Å². The van der Waals surface area contributed by atoms with Crippen LogP contribution in [0, 0.1) is 0 Å². The summed E-state index contributed by atoms with van der Waals surface area (Å²) in [6.45, 7) is 2.73. The fourth-order valence-corrected chi connectivity index (χ4v) is 1.84. The number of nitrogens with one attached hydrogen (secondary N) is 2. The quantitative estimate of drug-likeness (QED) is 0.492. The van der Waals surface area contributed by atoms with Crippen molar-refractivity contribution in [2.75, 3.05) is 6.67 Å². The summed E-state index contributed by atoms with van der Waals surface area (Å²) in [5.41, 5.74) is 3.16. The molecule has 2 saturated heterocycles. The van der Waals surface area contributed by atoms with Gasteiger partial charge in [0.1, 0.15) is 6.04 Å². The van der Waals surface area contributed by atoms with E-state index in [0.717, 1.165) is 12.8 Å². The Morgan fingerprint density at radius 3 is 3.09 bits per heavy atom. The van der Waals surface area contributed by atoms with E-state index in [1.807, 2.05) is 0 Å². The molecule has 4 heteroatoms. The molecule has 0 bridgehead atoms. The zero-order valence-electron chi connectivity index (χ0n) is 6.63. The second-order valence-electron chi connectivity index (χ2n) is 3.23. The third-order valence-corrected chi connectivity index (χ3v) is 2.50. The van der Waals surface area contributed by atoms with E-state index in [1.54, 1.807) is 0 Å². The van der Waals surface area contributed by atoms with Crippen molar-refractivity contribution in [3.63, 3.8) is 0 Å². The van der Waals surface area contributed by atoms with Crippen LogP contribution in [-0.4, -0.2) is 29.7 Å². The van der Waals surface area contributed by atoms with Crippen molar-refractivity contribution in [3.05, 3.63) is 0 Å². The number of carbonyl (C=O) groups excluding carboxylic acids is 1. The number of nitrogens with zero attached hydrogens (tertiary/aromatic N) is 1. The van der Waals surface area contributed by atoms with Gasteiger partial charge in [-0.2, -0.15) is 0 Å². The van der Waals surface area contributed by atoms with Gasteiger partial charge in [-0.15, -0.1) is 0 Å². The predicted molar refractivity (Wildman–Crippen MR) is 40.5 cm³/mol. The minimum atomic E-state index is 0.0822. The summed E-state index contributed by atoms with van der Waals surface area (Å²) < 4.78 is 0. The zero-order chi connectivity index (χ0) is 7.84. The second-order valence-corrected chi connectivity index (χ2v) is 3.23. The maximum atomic E-state index is 11.2. The normalized spacial score (nSPS) is 38.5. The number of hydrogen-bond donors (Lipinski definition) is 2. The Balaban J connectivity index is 2.13. The highest BCUT2D eigenvalue weighted by atomic mass is 16.2. The van der Waals surface area contributed by atoms with Gasteiger partial charge in [0.15, 0.2) is 0 Å². The molecule has 11 heavy (non-hydrogen) atoms. The standard InChI is InChI=1S/C7H13N3O/c1-5-2-3-6-7(11)8-4-9-10(5)6/h5-6,9H,2-4H2,1H3,(H,8,11). The zero-order valence-corrected chi connectivity index (χ0v) is 6.63. The minimum absolute atomic E-state index is 0.0822. The minimum Gasteiger partial charge on any atom is -0.341 e. The molecule has 2 atom stereocenters. The van der Waals surface area contributed by atoms with E-state index < -0.39 is 0 Å². The summed E-state index contributed by atoms with van der Waals surface area (Å²) in [7, 11) is 0. The first kappa shape index (κ1) is 7.06. The van der Waals surface area contributed by atoms with Crippen molar-refractivity contribution in [2.24, 2.45) is 0 Å². The fourth-order valence-electron chi connectivity index (χ4n) is 1.84. The lowest BCUT2D eigenvalue weighted by Crippen LogP contribution is -2.60. The van der Waals surface area contributed by atoms with Crippen LogP contribution in [0.2, 0.25) is 0 Å². The molecule has 62 valence electrons. The van der Waals surface area contributed by atoms with Gasteiger partial charge in [0.2, 0.25) is 5.91 Å². The molecule has 2 fully saturated rings. The second kappa shape index (κ2) is 2.46. The van der Waals surface area contributed by atoms with E-state index in [0.29, 0.717) is 12.7 Å². The Hall–Kier alpha value is -0.610. The van der Waals surface area contributed by atoms with Gasteiger partial charge < -0.3 is 5.32 Å². The molecule has 0 radical (unpaired) electrons. The highest BCUT2D eigenvalue weighted by molar-refractivity contribution is 5.82. The number of hydrogen-bond acceptors (Lipinski definition) is 3.